The van der Waals surface area contributed by atoms with Crippen LogP contribution in [-0.4, -0.2) is 39.9 Å². The predicted octanol–water partition coefficient (Wildman–Crippen LogP) is 2.90. The van der Waals surface area contributed by atoms with Crippen molar-refractivity contribution < 1.29 is 31.9 Å². The summed E-state index contributed by atoms with van der Waals surface area (Å²) >= 11 is 6.89. The fourth-order valence-corrected chi connectivity index (χ4v) is 4.36. The second-order valence-corrected chi connectivity index (χ2v) is 9.27. The Morgan fingerprint density at radius 1 is 1.23 bits per heavy atom. The molecule has 1 fully saturated rings. The van der Waals surface area contributed by atoms with E-state index in [1.807, 2.05) is 0 Å². The van der Waals surface area contributed by atoms with Gasteiger partial charge in [-0.15, -0.1) is 11.8 Å². The van der Waals surface area contributed by atoms with Gasteiger partial charge in [0.15, 0.2) is 0 Å². The Kier molecular flexibility index (Phi) is 7.70. The van der Waals surface area contributed by atoms with E-state index >= 15 is 0 Å². The molecule has 1 aliphatic rings. The molecule has 1 aromatic heterocycles. The van der Waals surface area contributed by atoms with E-state index in [0.29, 0.717) is 12.8 Å². The lowest BCUT2D eigenvalue weighted by Crippen LogP contribution is -2.41. The third-order valence-corrected chi connectivity index (χ3v) is 6.88. The number of aromatic nitrogens is 2. The number of hydrogen-bond donors (Lipinski definition) is 1. The van der Waals surface area contributed by atoms with Gasteiger partial charge in [0.25, 0.3) is 5.56 Å². The smallest absolute Gasteiger partial charge is 0.431 e. The van der Waals surface area contributed by atoms with Gasteiger partial charge in [-0.05, 0) is 31.9 Å². The van der Waals surface area contributed by atoms with Gasteiger partial charge in [-0.3, -0.25) is 19.0 Å². The van der Waals surface area contributed by atoms with Crippen LogP contribution >= 0.6 is 23.4 Å². The molecule has 1 saturated carbocycles. The van der Waals surface area contributed by atoms with Crippen LogP contribution in [0.3, 0.4) is 0 Å². The summed E-state index contributed by atoms with van der Waals surface area (Å²) in [6.45, 7) is 1.99. The van der Waals surface area contributed by atoms with E-state index in [1.54, 1.807) is 6.92 Å². The van der Waals surface area contributed by atoms with Crippen molar-refractivity contribution in [2.45, 2.75) is 30.8 Å². The van der Waals surface area contributed by atoms with Gasteiger partial charge < -0.3 is 10.1 Å². The Morgan fingerprint density at radius 3 is 2.46 bits per heavy atom. The summed E-state index contributed by atoms with van der Waals surface area (Å²) in [5, 5.41) is 2.49. The molecule has 0 radical (unpaired) electrons. The largest absolute Gasteiger partial charge is 0.466 e. The lowest BCUT2D eigenvalue weighted by molar-refractivity contribution is -0.149. The topological polar surface area (TPSA) is 99.4 Å². The van der Waals surface area contributed by atoms with Gasteiger partial charge in [0, 0.05) is 24.6 Å². The number of carbonyl (C=O) groups excluding carboxylic acids is 2. The van der Waals surface area contributed by atoms with Crippen molar-refractivity contribution >= 4 is 35.2 Å². The van der Waals surface area contributed by atoms with E-state index < -0.39 is 45.9 Å². The summed E-state index contributed by atoms with van der Waals surface area (Å²) in [6, 6.07) is 1.99. The van der Waals surface area contributed by atoms with E-state index in [-0.39, 0.29) is 50.0 Å². The first-order valence-corrected chi connectivity index (χ1v) is 11.6. The molecular formula is C21H20ClF4N3O5S. The molecule has 35 heavy (non-hydrogen) atoms. The van der Waals surface area contributed by atoms with Gasteiger partial charge in [0.2, 0.25) is 5.91 Å². The van der Waals surface area contributed by atoms with Gasteiger partial charge >= 0.3 is 17.8 Å². The summed E-state index contributed by atoms with van der Waals surface area (Å²) in [4.78, 5) is 49.1. The molecule has 3 rings (SSSR count). The Hall–Kier alpha value is -2.80. The predicted molar refractivity (Wildman–Crippen MR) is 119 cm³/mol. The van der Waals surface area contributed by atoms with Crippen molar-refractivity contribution in [1.82, 2.24) is 14.5 Å². The minimum Gasteiger partial charge on any atom is -0.466 e. The number of carbonyl (C=O) groups is 2. The Bertz CT molecular complexity index is 1290. The summed E-state index contributed by atoms with van der Waals surface area (Å²) in [6.07, 6.45) is -3.79. The number of alkyl halides is 3. The quantitative estimate of drug-likeness (QED) is 0.316. The van der Waals surface area contributed by atoms with Gasteiger partial charge in [0.1, 0.15) is 11.5 Å². The van der Waals surface area contributed by atoms with Crippen LogP contribution in [-0.2, 0) is 27.5 Å². The van der Waals surface area contributed by atoms with E-state index in [9.17, 15) is 36.7 Å². The second-order valence-electron chi connectivity index (χ2n) is 7.84. The van der Waals surface area contributed by atoms with Gasteiger partial charge in [-0.1, -0.05) is 11.6 Å². The van der Waals surface area contributed by atoms with Crippen LogP contribution < -0.4 is 16.6 Å². The number of thioether (sulfide) groups is 1. The molecule has 0 spiro atoms. The maximum Gasteiger partial charge on any atom is 0.431 e. The standard InChI is InChI=1S/C21H20ClF4N3O5S/c1-3-34-18(32)20(4-5-20)10-27-16(30)9-35-14-7-13(12(23)6-11(14)22)29-17(31)8-15(21(24,25)26)28(2)19(29)33/h6-8H,3-5,9-10H2,1-2H3,(H,27,30). The average molecular weight is 538 g/mol. The van der Waals surface area contributed by atoms with Crippen LogP contribution in [0.1, 0.15) is 25.5 Å². The van der Waals surface area contributed by atoms with E-state index in [2.05, 4.69) is 5.32 Å². The molecule has 0 bridgehead atoms. The van der Waals surface area contributed by atoms with Crippen molar-refractivity contribution in [3.63, 3.8) is 0 Å². The van der Waals surface area contributed by atoms with Crippen molar-refractivity contribution in [1.29, 1.82) is 0 Å². The zero-order valence-corrected chi connectivity index (χ0v) is 20.1. The minimum absolute atomic E-state index is 0.0879. The number of benzene rings is 1. The third kappa shape index (κ3) is 5.72. The number of esters is 1. The zero-order chi connectivity index (χ0) is 26.1. The molecule has 1 amide bonds. The van der Waals surface area contributed by atoms with Crippen LogP contribution in [0.25, 0.3) is 5.69 Å². The highest BCUT2D eigenvalue weighted by Crippen LogP contribution is 2.46. The van der Waals surface area contributed by atoms with Crippen LogP contribution in [0.2, 0.25) is 5.02 Å². The molecule has 0 unspecified atom stereocenters. The Balaban J connectivity index is 1.80. The molecule has 8 nitrogen and oxygen atoms in total. The highest BCUT2D eigenvalue weighted by atomic mass is 35.5. The highest BCUT2D eigenvalue weighted by molar-refractivity contribution is 8.00. The monoisotopic (exact) mass is 537 g/mol. The summed E-state index contributed by atoms with van der Waals surface area (Å²) < 4.78 is 59.2. The highest BCUT2D eigenvalue weighted by Gasteiger charge is 2.51. The number of rotatable bonds is 8. The van der Waals surface area contributed by atoms with Crippen molar-refractivity contribution in [2.24, 2.45) is 12.5 Å². The average Bonchev–Trinajstić information content (AvgIpc) is 3.56. The van der Waals surface area contributed by atoms with Crippen molar-refractivity contribution in [3.8, 4) is 5.69 Å². The number of amides is 1. The first kappa shape index (κ1) is 26.8. The van der Waals surface area contributed by atoms with Crippen LogP contribution in [0.15, 0.2) is 32.7 Å². The van der Waals surface area contributed by atoms with Crippen LogP contribution in [0, 0.1) is 11.2 Å². The van der Waals surface area contributed by atoms with Crippen LogP contribution in [0.4, 0.5) is 17.6 Å². The zero-order valence-electron chi connectivity index (χ0n) is 18.5. The molecule has 0 aliphatic heterocycles. The van der Waals surface area contributed by atoms with E-state index in [4.69, 9.17) is 16.3 Å². The Labute approximate surface area is 205 Å². The fourth-order valence-electron chi connectivity index (χ4n) is 3.27. The van der Waals surface area contributed by atoms with E-state index in [0.717, 1.165) is 30.9 Å². The molecule has 1 N–H and O–H groups in total. The molecular weight excluding hydrogens is 518 g/mol. The molecule has 1 aliphatic carbocycles. The van der Waals surface area contributed by atoms with E-state index in [1.165, 1.54) is 0 Å². The number of nitrogens with one attached hydrogen (secondary N) is 1. The summed E-state index contributed by atoms with van der Waals surface area (Å²) in [5.41, 5.74) is -5.63. The van der Waals surface area contributed by atoms with Crippen molar-refractivity contribution in [3.05, 3.63) is 55.6 Å². The first-order chi connectivity index (χ1) is 16.3. The van der Waals surface area contributed by atoms with Gasteiger partial charge in [-0.2, -0.15) is 13.2 Å². The molecule has 0 saturated heterocycles. The number of halogens is 5. The third-order valence-electron chi connectivity index (χ3n) is 5.40. The van der Waals surface area contributed by atoms with Gasteiger partial charge in [0.05, 0.1) is 28.5 Å². The lowest BCUT2D eigenvalue weighted by atomic mass is 10.1. The maximum atomic E-state index is 14.6. The summed E-state index contributed by atoms with van der Waals surface area (Å²) in [5.74, 6) is -2.17. The molecule has 1 aromatic carbocycles. The molecule has 0 atom stereocenters. The Morgan fingerprint density at radius 2 is 1.89 bits per heavy atom. The molecule has 14 heteroatoms. The second kappa shape index (κ2) is 10.1. The summed E-state index contributed by atoms with van der Waals surface area (Å²) in [7, 11) is 0.803. The first-order valence-electron chi connectivity index (χ1n) is 10.3. The molecule has 190 valence electrons. The fraction of sp³-hybridized carbons (Fsp3) is 0.429. The number of ether oxygens (including phenoxy) is 1. The normalized spacial score (nSPS) is 14.5. The minimum atomic E-state index is -4.97. The lowest BCUT2D eigenvalue weighted by Gasteiger charge is -2.16. The SMILES string of the molecule is CCOC(=O)C1(CNC(=O)CSc2cc(-n3c(=O)cc(C(F)(F)F)n(C)c3=O)c(F)cc2Cl)CC1. The molecule has 1 heterocycles. The maximum absolute atomic E-state index is 14.6. The number of nitrogens with zero attached hydrogens (tertiary/aromatic N) is 2. The van der Waals surface area contributed by atoms with Crippen LogP contribution in [0.5, 0.6) is 0 Å². The molecule has 2 aromatic rings. The number of hydrogen-bond acceptors (Lipinski definition) is 6. The van der Waals surface area contributed by atoms with Crippen molar-refractivity contribution in [2.75, 3.05) is 18.9 Å². The van der Waals surface area contributed by atoms with Gasteiger partial charge in [-0.25, -0.2) is 13.8 Å².